The second-order valence-electron chi connectivity index (χ2n) is 7.29. The molecular formula is C21H44O6. The maximum absolute atomic E-state index is 10.2. The van der Waals surface area contributed by atoms with Crippen LogP contribution in [0.3, 0.4) is 0 Å². The van der Waals surface area contributed by atoms with Gasteiger partial charge >= 0.3 is 5.97 Å². The van der Waals surface area contributed by atoms with E-state index in [1.807, 2.05) is 6.92 Å². The van der Waals surface area contributed by atoms with E-state index in [4.69, 9.17) is 24.8 Å². The summed E-state index contributed by atoms with van der Waals surface area (Å²) in [5.41, 5.74) is 0. The predicted molar refractivity (Wildman–Crippen MR) is 109 cm³/mol. The Morgan fingerprint density at radius 3 is 1.74 bits per heavy atom. The molecule has 3 unspecified atom stereocenters. The van der Waals surface area contributed by atoms with Gasteiger partial charge in [-0.1, -0.05) is 58.3 Å². The van der Waals surface area contributed by atoms with Crippen molar-refractivity contribution in [1.29, 1.82) is 0 Å². The lowest BCUT2D eigenvalue weighted by Gasteiger charge is -2.16. The Balaban J connectivity index is 0. The van der Waals surface area contributed by atoms with Crippen molar-refractivity contribution in [2.75, 3.05) is 19.8 Å². The van der Waals surface area contributed by atoms with Gasteiger partial charge in [0.15, 0.2) is 0 Å². The van der Waals surface area contributed by atoms with Gasteiger partial charge in [0.1, 0.15) is 0 Å². The molecule has 6 nitrogen and oxygen atoms in total. The third-order valence-electron chi connectivity index (χ3n) is 3.99. The van der Waals surface area contributed by atoms with Crippen LogP contribution in [-0.4, -0.2) is 59.4 Å². The van der Waals surface area contributed by atoms with Gasteiger partial charge in [0.2, 0.25) is 0 Å². The summed E-state index contributed by atoms with van der Waals surface area (Å²) in [6.07, 6.45) is 10.8. The van der Waals surface area contributed by atoms with E-state index in [0.717, 1.165) is 12.8 Å². The van der Waals surface area contributed by atoms with Crippen LogP contribution in [0.2, 0.25) is 0 Å². The normalized spacial score (nSPS) is 14.1. The molecule has 0 amide bonds. The standard InChI is InChI=1S/C12H24O2.C9H20O4/c1-2-3-4-5-6-7-8-9-10-11-12(13)14;1-7(11)5-12-9(3)6-13-8(2)4-10/h2-11H2,1H3,(H,13,14);7-11H,4-6H2,1-3H3. The average Bonchev–Trinajstić information content (AvgIpc) is 2.63. The number of aliphatic hydroxyl groups excluding tert-OH is 2. The van der Waals surface area contributed by atoms with Crippen molar-refractivity contribution in [3.63, 3.8) is 0 Å². The monoisotopic (exact) mass is 392 g/mol. The van der Waals surface area contributed by atoms with E-state index in [9.17, 15) is 4.79 Å². The zero-order chi connectivity index (χ0) is 20.9. The first-order valence-electron chi connectivity index (χ1n) is 10.6. The Bertz CT molecular complexity index is 309. The summed E-state index contributed by atoms with van der Waals surface area (Å²) in [5, 5.41) is 26.0. The number of rotatable bonds is 17. The molecule has 0 saturated carbocycles. The molecule has 6 heteroatoms. The molecule has 0 heterocycles. The highest BCUT2D eigenvalue weighted by atomic mass is 16.5. The van der Waals surface area contributed by atoms with E-state index in [1.54, 1.807) is 13.8 Å². The lowest BCUT2D eigenvalue weighted by atomic mass is 10.1. The average molecular weight is 393 g/mol. The molecular weight excluding hydrogens is 348 g/mol. The molecule has 0 fully saturated rings. The fourth-order valence-electron chi connectivity index (χ4n) is 2.29. The second kappa shape index (κ2) is 21.6. The van der Waals surface area contributed by atoms with Crippen molar-refractivity contribution < 1.29 is 29.6 Å². The molecule has 0 aromatic heterocycles. The van der Waals surface area contributed by atoms with Crippen LogP contribution in [0.1, 0.15) is 91.9 Å². The summed E-state index contributed by atoms with van der Waals surface area (Å²) in [6, 6.07) is 0. The summed E-state index contributed by atoms with van der Waals surface area (Å²) in [6.45, 7) is 8.33. The van der Waals surface area contributed by atoms with Crippen molar-refractivity contribution in [2.24, 2.45) is 0 Å². The van der Waals surface area contributed by atoms with Gasteiger partial charge in [-0.2, -0.15) is 0 Å². The van der Waals surface area contributed by atoms with E-state index in [1.165, 1.54) is 44.9 Å². The highest BCUT2D eigenvalue weighted by molar-refractivity contribution is 5.66. The Kier molecular flexibility index (Phi) is 22.8. The SMILES string of the molecule is CC(O)COC(C)COC(C)CO.CCCCCCCCCCCC(=O)O. The number of carbonyl (C=O) groups is 1. The molecule has 27 heavy (non-hydrogen) atoms. The first-order chi connectivity index (χ1) is 12.8. The zero-order valence-electron chi connectivity index (χ0n) is 18.0. The summed E-state index contributed by atoms with van der Waals surface area (Å²) >= 11 is 0. The van der Waals surface area contributed by atoms with Crippen LogP contribution in [0.4, 0.5) is 0 Å². The van der Waals surface area contributed by atoms with Gasteiger partial charge in [0.05, 0.1) is 38.1 Å². The molecule has 0 saturated heterocycles. The highest BCUT2D eigenvalue weighted by Gasteiger charge is 2.07. The minimum atomic E-state index is -0.659. The molecule has 0 radical (unpaired) electrons. The van der Waals surface area contributed by atoms with E-state index in [0.29, 0.717) is 19.6 Å². The van der Waals surface area contributed by atoms with Gasteiger partial charge in [-0.3, -0.25) is 4.79 Å². The zero-order valence-corrected chi connectivity index (χ0v) is 18.0. The van der Waals surface area contributed by atoms with Crippen LogP contribution >= 0.6 is 0 Å². The maximum atomic E-state index is 10.2. The first-order valence-corrected chi connectivity index (χ1v) is 10.6. The quantitative estimate of drug-likeness (QED) is 0.322. The lowest BCUT2D eigenvalue weighted by molar-refractivity contribution is -0.137. The Hall–Kier alpha value is -0.690. The molecule has 0 aromatic rings. The van der Waals surface area contributed by atoms with Crippen molar-refractivity contribution in [3.8, 4) is 0 Å². The van der Waals surface area contributed by atoms with E-state index in [-0.39, 0.29) is 18.8 Å². The molecule has 164 valence electrons. The van der Waals surface area contributed by atoms with Gasteiger partial charge in [-0.05, 0) is 27.2 Å². The largest absolute Gasteiger partial charge is 0.481 e. The summed E-state index contributed by atoms with van der Waals surface area (Å²) in [7, 11) is 0. The molecule has 0 rings (SSSR count). The molecule has 3 atom stereocenters. The highest BCUT2D eigenvalue weighted by Crippen LogP contribution is 2.10. The number of ether oxygens (including phenoxy) is 2. The predicted octanol–water partition coefficient (Wildman–Crippen LogP) is 4.16. The van der Waals surface area contributed by atoms with Crippen molar-refractivity contribution in [1.82, 2.24) is 0 Å². The van der Waals surface area contributed by atoms with Crippen LogP contribution in [0.15, 0.2) is 0 Å². The van der Waals surface area contributed by atoms with E-state index >= 15 is 0 Å². The lowest BCUT2D eigenvalue weighted by Crippen LogP contribution is -2.24. The van der Waals surface area contributed by atoms with Crippen LogP contribution in [-0.2, 0) is 14.3 Å². The van der Waals surface area contributed by atoms with Crippen LogP contribution < -0.4 is 0 Å². The van der Waals surface area contributed by atoms with Crippen molar-refractivity contribution in [3.05, 3.63) is 0 Å². The number of hydrogen-bond acceptors (Lipinski definition) is 5. The van der Waals surface area contributed by atoms with Gasteiger partial charge in [0, 0.05) is 6.42 Å². The van der Waals surface area contributed by atoms with Gasteiger partial charge in [-0.15, -0.1) is 0 Å². The molecule has 0 aliphatic rings. The summed E-state index contributed by atoms with van der Waals surface area (Å²) in [4.78, 5) is 10.2. The first kappa shape index (κ1) is 28.5. The Morgan fingerprint density at radius 1 is 0.815 bits per heavy atom. The smallest absolute Gasteiger partial charge is 0.303 e. The summed E-state index contributed by atoms with van der Waals surface area (Å²) < 4.78 is 10.5. The van der Waals surface area contributed by atoms with Gasteiger partial charge < -0.3 is 24.8 Å². The maximum Gasteiger partial charge on any atom is 0.303 e. The fourth-order valence-corrected chi connectivity index (χ4v) is 2.29. The van der Waals surface area contributed by atoms with Crippen molar-refractivity contribution in [2.45, 2.75) is 110 Å². The molecule has 0 aliphatic carbocycles. The molecule has 0 spiro atoms. The molecule has 3 N–H and O–H groups in total. The topological polar surface area (TPSA) is 96.2 Å². The second-order valence-corrected chi connectivity index (χ2v) is 7.29. The number of aliphatic hydroxyl groups is 2. The van der Waals surface area contributed by atoms with Crippen LogP contribution in [0.5, 0.6) is 0 Å². The number of hydrogen-bond donors (Lipinski definition) is 3. The van der Waals surface area contributed by atoms with E-state index in [2.05, 4.69) is 6.92 Å². The third-order valence-corrected chi connectivity index (χ3v) is 3.99. The van der Waals surface area contributed by atoms with Gasteiger partial charge in [-0.25, -0.2) is 0 Å². The minimum Gasteiger partial charge on any atom is -0.481 e. The number of carboxylic acid groups (broad SMARTS) is 1. The van der Waals surface area contributed by atoms with Crippen LogP contribution in [0.25, 0.3) is 0 Å². The summed E-state index contributed by atoms with van der Waals surface area (Å²) in [5.74, 6) is -0.659. The van der Waals surface area contributed by atoms with Crippen molar-refractivity contribution >= 4 is 5.97 Å². The van der Waals surface area contributed by atoms with E-state index < -0.39 is 12.1 Å². The molecule has 0 bridgehead atoms. The molecule has 0 aromatic carbocycles. The Labute approximate surface area is 166 Å². The third kappa shape index (κ3) is 27.6. The van der Waals surface area contributed by atoms with Gasteiger partial charge in [0.25, 0.3) is 0 Å². The Morgan fingerprint density at radius 2 is 1.30 bits per heavy atom. The molecule has 0 aliphatic heterocycles. The number of carboxylic acids is 1. The minimum absolute atomic E-state index is 0.0170. The number of unbranched alkanes of at least 4 members (excludes halogenated alkanes) is 8. The fraction of sp³-hybridized carbons (Fsp3) is 0.952. The number of aliphatic carboxylic acids is 1. The van der Waals surface area contributed by atoms with Crippen LogP contribution in [0, 0.1) is 0 Å².